The predicted octanol–water partition coefficient (Wildman–Crippen LogP) is 2.01. The van der Waals surface area contributed by atoms with Crippen molar-refractivity contribution in [3.8, 4) is 0 Å². The van der Waals surface area contributed by atoms with Gasteiger partial charge >= 0.3 is 0 Å². The first-order valence-electron chi connectivity index (χ1n) is 9.14. The molecule has 2 aromatic carbocycles. The summed E-state index contributed by atoms with van der Waals surface area (Å²) in [7, 11) is -4.21. The fourth-order valence-electron chi connectivity index (χ4n) is 3.11. The Morgan fingerprint density at radius 3 is 2.54 bits per heavy atom. The summed E-state index contributed by atoms with van der Waals surface area (Å²) >= 11 is 0. The molecule has 1 aliphatic rings. The standard InChI is InChI=1S/C20H23FN2O4S/c21-17-10-4-5-11-19(17)28(25,26)23-18(13-15-7-2-1-3-8-15)20(24)22-16-9-6-12-27-14-16/h1-5,7-8,10-11,16,18,23H,6,9,12-14H2,(H,22,24). The molecule has 2 atom stereocenters. The Labute approximate surface area is 164 Å². The minimum absolute atomic E-state index is 0.147. The average molecular weight is 406 g/mol. The van der Waals surface area contributed by atoms with E-state index in [1.807, 2.05) is 18.2 Å². The van der Waals surface area contributed by atoms with Crippen LogP contribution in [-0.2, 0) is 26.0 Å². The second kappa shape index (κ2) is 9.27. The number of hydrogen-bond acceptors (Lipinski definition) is 4. The van der Waals surface area contributed by atoms with Gasteiger partial charge in [-0.15, -0.1) is 0 Å². The van der Waals surface area contributed by atoms with Crippen molar-refractivity contribution in [2.24, 2.45) is 0 Å². The van der Waals surface area contributed by atoms with Crippen LogP contribution < -0.4 is 10.0 Å². The summed E-state index contributed by atoms with van der Waals surface area (Å²) in [6.07, 6.45) is 1.74. The normalized spacial score (nSPS) is 18.4. The van der Waals surface area contributed by atoms with E-state index in [0.717, 1.165) is 24.5 Å². The zero-order valence-corrected chi connectivity index (χ0v) is 16.1. The molecule has 0 aliphatic carbocycles. The van der Waals surface area contributed by atoms with Crippen molar-refractivity contribution in [1.82, 2.24) is 10.0 Å². The van der Waals surface area contributed by atoms with E-state index in [2.05, 4.69) is 10.0 Å². The number of amides is 1. The monoisotopic (exact) mass is 406 g/mol. The quantitative estimate of drug-likeness (QED) is 0.737. The number of sulfonamides is 1. The molecular formula is C20H23FN2O4S. The molecule has 0 spiro atoms. The van der Waals surface area contributed by atoms with Gasteiger partial charge in [0.15, 0.2) is 0 Å². The van der Waals surface area contributed by atoms with Gasteiger partial charge in [0, 0.05) is 6.61 Å². The fraction of sp³-hybridized carbons (Fsp3) is 0.350. The number of rotatable bonds is 7. The lowest BCUT2D eigenvalue weighted by Gasteiger charge is -2.26. The molecule has 1 saturated heterocycles. The predicted molar refractivity (Wildman–Crippen MR) is 103 cm³/mol. The highest BCUT2D eigenvalue weighted by molar-refractivity contribution is 7.89. The second-order valence-corrected chi connectivity index (χ2v) is 8.40. The molecule has 28 heavy (non-hydrogen) atoms. The molecule has 2 unspecified atom stereocenters. The molecule has 1 fully saturated rings. The summed E-state index contributed by atoms with van der Waals surface area (Å²) in [5.74, 6) is -1.33. The van der Waals surface area contributed by atoms with Gasteiger partial charge in [0.05, 0.1) is 12.6 Å². The van der Waals surface area contributed by atoms with E-state index >= 15 is 0 Å². The maximum absolute atomic E-state index is 14.0. The number of carbonyl (C=O) groups excluding carboxylic acids is 1. The van der Waals surface area contributed by atoms with Crippen molar-refractivity contribution < 1.29 is 22.3 Å². The first-order chi connectivity index (χ1) is 13.5. The van der Waals surface area contributed by atoms with Crippen LogP contribution in [0.2, 0.25) is 0 Å². The topological polar surface area (TPSA) is 84.5 Å². The third kappa shape index (κ3) is 5.37. The third-order valence-electron chi connectivity index (χ3n) is 4.53. The summed E-state index contributed by atoms with van der Waals surface area (Å²) < 4.78 is 47.1. The summed E-state index contributed by atoms with van der Waals surface area (Å²) in [6.45, 7) is 1.05. The van der Waals surface area contributed by atoms with Crippen molar-refractivity contribution in [3.05, 3.63) is 66.0 Å². The van der Waals surface area contributed by atoms with E-state index < -0.39 is 32.7 Å². The Morgan fingerprint density at radius 1 is 1.14 bits per heavy atom. The lowest BCUT2D eigenvalue weighted by Crippen LogP contribution is -2.52. The van der Waals surface area contributed by atoms with Crippen LogP contribution in [0.15, 0.2) is 59.5 Å². The Kier molecular flexibility index (Phi) is 6.77. The van der Waals surface area contributed by atoms with Crippen LogP contribution in [0.25, 0.3) is 0 Å². The van der Waals surface area contributed by atoms with Crippen molar-refractivity contribution in [2.45, 2.75) is 36.2 Å². The Morgan fingerprint density at radius 2 is 1.86 bits per heavy atom. The van der Waals surface area contributed by atoms with Gasteiger partial charge in [0.25, 0.3) is 0 Å². The fourth-order valence-corrected chi connectivity index (χ4v) is 4.38. The van der Waals surface area contributed by atoms with E-state index in [0.29, 0.717) is 13.2 Å². The summed E-state index contributed by atoms with van der Waals surface area (Å²) in [5.41, 5.74) is 0.791. The smallest absolute Gasteiger partial charge is 0.244 e. The molecule has 0 saturated carbocycles. The largest absolute Gasteiger partial charge is 0.379 e. The zero-order chi connectivity index (χ0) is 20.0. The Hall–Kier alpha value is -2.29. The number of benzene rings is 2. The summed E-state index contributed by atoms with van der Waals surface area (Å²) in [5, 5.41) is 2.84. The van der Waals surface area contributed by atoms with Crippen LogP contribution in [-0.4, -0.2) is 39.6 Å². The maximum atomic E-state index is 14.0. The average Bonchev–Trinajstić information content (AvgIpc) is 2.69. The molecule has 2 N–H and O–H groups in total. The Balaban J connectivity index is 1.80. The van der Waals surface area contributed by atoms with E-state index in [9.17, 15) is 17.6 Å². The summed E-state index contributed by atoms with van der Waals surface area (Å²) in [6, 6.07) is 12.9. The molecule has 8 heteroatoms. The van der Waals surface area contributed by atoms with Gasteiger partial charge < -0.3 is 10.1 Å². The molecule has 3 rings (SSSR count). The van der Waals surface area contributed by atoms with Crippen molar-refractivity contribution >= 4 is 15.9 Å². The Bertz CT molecular complexity index is 899. The molecular weight excluding hydrogens is 383 g/mol. The molecule has 1 amide bonds. The van der Waals surface area contributed by atoms with Gasteiger partial charge in [0.1, 0.15) is 16.8 Å². The molecule has 1 aliphatic heterocycles. The highest BCUT2D eigenvalue weighted by Gasteiger charge is 2.29. The van der Waals surface area contributed by atoms with Crippen molar-refractivity contribution in [3.63, 3.8) is 0 Å². The van der Waals surface area contributed by atoms with E-state index in [1.165, 1.54) is 18.2 Å². The molecule has 6 nitrogen and oxygen atoms in total. The molecule has 2 aromatic rings. The van der Waals surface area contributed by atoms with Crippen molar-refractivity contribution in [2.75, 3.05) is 13.2 Å². The van der Waals surface area contributed by atoms with E-state index in [-0.39, 0.29) is 12.5 Å². The number of hydrogen-bond donors (Lipinski definition) is 2. The van der Waals surface area contributed by atoms with Gasteiger partial charge in [-0.2, -0.15) is 4.72 Å². The van der Waals surface area contributed by atoms with E-state index in [1.54, 1.807) is 12.1 Å². The van der Waals surface area contributed by atoms with E-state index in [4.69, 9.17) is 4.74 Å². The van der Waals surface area contributed by atoms with Crippen LogP contribution in [0.3, 0.4) is 0 Å². The number of nitrogens with one attached hydrogen (secondary N) is 2. The zero-order valence-electron chi connectivity index (χ0n) is 15.3. The number of carbonyl (C=O) groups is 1. The lowest BCUT2D eigenvalue weighted by molar-refractivity contribution is -0.124. The minimum atomic E-state index is -4.21. The highest BCUT2D eigenvalue weighted by Crippen LogP contribution is 2.15. The number of halogens is 1. The molecule has 1 heterocycles. The van der Waals surface area contributed by atoms with Crippen LogP contribution >= 0.6 is 0 Å². The molecule has 0 bridgehead atoms. The van der Waals surface area contributed by atoms with Gasteiger partial charge in [-0.1, -0.05) is 42.5 Å². The van der Waals surface area contributed by atoms with Crippen LogP contribution in [0.5, 0.6) is 0 Å². The van der Waals surface area contributed by atoms with Gasteiger partial charge in [-0.05, 0) is 37.0 Å². The maximum Gasteiger partial charge on any atom is 0.244 e. The van der Waals surface area contributed by atoms with Crippen LogP contribution in [0.4, 0.5) is 4.39 Å². The number of ether oxygens (including phenoxy) is 1. The first kappa shape index (κ1) is 20.4. The first-order valence-corrected chi connectivity index (χ1v) is 10.6. The van der Waals surface area contributed by atoms with Crippen LogP contribution in [0.1, 0.15) is 18.4 Å². The molecule has 150 valence electrons. The lowest BCUT2D eigenvalue weighted by atomic mass is 10.0. The minimum Gasteiger partial charge on any atom is -0.379 e. The third-order valence-corrected chi connectivity index (χ3v) is 6.03. The van der Waals surface area contributed by atoms with Gasteiger partial charge in [-0.25, -0.2) is 12.8 Å². The van der Waals surface area contributed by atoms with Gasteiger partial charge in [-0.3, -0.25) is 4.79 Å². The van der Waals surface area contributed by atoms with Crippen molar-refractivity contribution in [1.29, 1.82) is 0 Å². The van der Waals surface area contributed by atoms with Crippen LogP contribution in [0, 0.1) is 5.82 Å². The SMILES string of the molecule is O=C(NC1CCCOC1)C(Cc1ccccc1)NS(=O)(=O)c1ccccc1F. The molecule has 0 aromatic heterocycles. The second-order valence-electron chi connectivity index (χ2n) is 6.72. The molecule has 0 radical (unpaired) electrons. The summed E-state index contributed by atoms with van der Waals surface area (Å²) in [4.78, 5) is 12.3. The van der Waals surface area contributed by atoms with Gasteiger partial charge in [0.2, 0.25) is 15.9 Å². The highest BCUT2D eigenvalue weighted by atomic mass is 32.2.